The Kier molecular flexibility index (Phi) is 7.23. The Balaban J connectivity index is 1.24. The lowest BCUT2D eigenvalue weighted by molar-refractivity contribution is -0.136. The van der Waals surface area contributed by atoms with Gasteiger partial charge in [-0.1, -0.05) is 48.5 Å². The number of hydrogen-bond acceptors (Lipinski definition) is 6. The van der Waals surface area contributed by atoms with Gasteiger partial charge >= 0.3 is 0 Å². The molecule has 0 radical (unpaired) electrons. The molecule has 3 aromatic rings. The Labute approximate surface area is 225 Å². The number of carbonyl (C=O) groups is 5. The topological polar surface area (TPSA) is 122 Å². The molecule has 1 saturated heterocycles. The van der Waals surface area contributed by atoms with Crippen molar-refractivity contribution in [2.75, 3.05) is 13.7 Å². The first-order valence-corrected chi connectivity index (χ1v) is 12.7. The second kappa shape index (κ2) is 10.9. The van der Waals surface area contributed by atoms with Crippen LogP contribution in [0.25, 0.3) is 11.1 Å². The molecule has 2 N–H and O–H groups in total. The summed E-state index contributed by atoms with van der Waals surface area (Å²) in [7, 11) is 1.59. The summed E-state index contributed by atoms with van der Waals surface area (Å²) in [4.78, 5) is 63.6. The van der Waals surface area contributed by atoms with Crippen LogP contribution in [-0.4, -0.2) is 54.1 Å². The zero-order chi connectivity index (χ0) is 27.5. The number of piperidine rings is 1. The van der Waals surface area contributed by atoms with Gasteiger partial charge in [-0.15, -0.1) is 0 Å². The van der Waals surface area contributed by atoms with Crippen LogP contribution in [0, 0.1) is 0 Å². The molecule has 0 saturated carbocycles. The molecule has 5 rings (SSSR count). The molecule has 3 aromatic carbocycles. The highest BCUT2D eigenvalue weighted by atomic mass is 16.5. The van der Waals surface area contributed by atoms with Gasteiger partial charge in [0.2, 0.25) is 17.7 Å². The summed E-state index contributed by atoms with van der Waals surface area (Å²) in [5.74, 6) is -1.49. The predicted octanol–water partition coefficient (Wildman–Crippen LogP) is 2.66. The van der Waals surface area contributed by atoms with Gasteiger partial charge in [-0.3, -0.25) is 34.2 Å². The molecule has 0 aromatic heterocycles. The zero-order valence-electron chi connectivity index (χ0n) is 21.4. The average Bonchev–Trinajstić information content (AvgIpc) is 3.19. The minimum Gasteiger partial charge on any atom is -0.497 e. The minimum absolute atomic E-state index is 0.0690. The summed E-state index contributed by atoms with van der Waals surface area (Å²) < 4.78 is 5.20. The van der Waals surface area contributed by atoms with Crippen LogP contribution in [0.1, 0.15) is 44.7 Å². The molecular formula is C30H27N3O6. The smallest absolute Gasteiger partial charge is 0.262 e. The monoisotopic (exact) mass is 525 g/mol. The third kappa shape index (κ3) is 5.29. The number of nitrogens with zero attached hydrogens (tertiary/aromatic N) is 1. The van der Waals surface area contributed by atoms with E-state index in [4.69, 9.17) is 4.74 Å². The number of carbonyl (C=O) groups excluding carboxylic acids is 5. The lowest BCUT2D eigenvalue weighted by Gasteiger charge is -2.27. The van der Waals surface area contributed by atoms with E-state index in [1.54, 1.807) is 25.3 Å². The van der Waals surface area contributed by atoms with Crippen molar-refractivity contribution in [3.8, 4) is 16.9 Å². The van der Waals surface area contributed by atoms with Crippen LogP contribution >= 0.6 is 0 Å². The van der Waals surface area contributed by atoms with E-state index in [-0.39, 0.29) is 36.3 Å². The second-order valence-electron chi connectivity index (χ2n) is 9.50. The normalized spacial score (nSPS) is 16.6. The number of rotatable bonds is 8. The van der Waals surface area contributed by atoms with E-state index in [0.717, 1.165) is 21.6 Å². The van der Waals surface area contributed by atoms with Crippen LogP contribution in [0.15, 0.2) is 66.7 Å². The molecule has 2 aliphatic heterocycles. The summed E-state index contributed by atoms with van der Waals surface area (Å²) in [5, 5.41) is 5.14. The van der Waals surface area contributed by atoms with Crippen molar-refractivity contribution in [2.45, 2.75) is 31.7 Å². The number of methoxy groups -OCH3 is 1. The average molecular weight is 526 g/mol. The lowest BCUT2D eigenvalue weighted by atomic mass is 9.95. The Morgan fingerprint density at radius 2 is 1.69 bits per heavy atom. The van der Waals surface area contributed by atoms with E-state index in [1.165, 1.54) is 0 Å². The second-order valence-corrected chi connectivity index (χ2v) is 9.50. The van der Waals surface area contributed by atoms with Crippen molar-refractivity contribution < 1.29 is 28.7 Å². The fraction of sp³-hybridized carbons (Fsp3) is 0.233. The molecule has 1 unspecified atom stereocenters. The maximum atomic E-state index is 13.4. The molecule has 39 heavy (non-hydrogen) atoms. The van der Waals surface area contributed by atoms with Gasteiger partial charge in [0.05, 0.1) is 24.7 Å². The van der Waals surface area contributed by atoms with Crippen molar-refractivity contribution in [1.82, 2.24) is 15.5 Å². The lowest BCUT2D eigenvalue weighted by Crippen LogP contribution is -2.54. The highest BCUT2D eigenvalue weighted by molar-refractivity contribution is 6.25. The molecule has 1 atom stereocenters. The van der Waals surface area contributed by atoms with Crippen LogP contribution in [0.3, 0.4) is 0 Å². The zero-order valence-corrected chi connectivity index (χ0v) is 21.4. The van der Waals surface area contributed by atoms with Gasteiger partial charge in [0.25, 0.3) is 11.8 Å². The summed E-state index contributed by atoms with van der Waals surface area (Å²) in [6.07, 6.45) is 1.06. The third-order valence-electron chi connectivity index (χ3n) is 6.97. The van der Waals surface area contributed by atoms with E-state index >= 15 is 0 Å². The van der Waals surface area contributed by atoms with E-state index in [1.807, 2.05) is 48.5 Å². The highest BCUT2D eigenvalue weighted by Crippen LogP contribution is 2.35. The SMILES string of the molecule is COc1cccc(CC(=O)NCCc2ccc(-c3cccc4c3C(=O)N(C3CCC(=O)NC3=O)C4=O)cc2)c1. The number of ether oxygens (including phenoxy) is 1. The number of amides is 5. The molecule has 2 aliphatic rings. The van der Waals surface area contributed by atoms with Gasteiger partial charge in [-0.25, -0.2) is 0 Å². The largest absolute Gasteiger partial charge is 0.497 e. The molecule has 9 nitrogen and oxygen atoms in total. The summed E-state index contributed by atoms with van der Waals surface area (Å²) in [6.45, 7) is 0.469. The predicted molar refractivity (Wildman–Crippen MR) is 142 cm³/mol. The van der Waals surface area contributed by atoms with Gasteiger partial charge in [0, 0.05) is 13.0 Å². The number of fused-ring (bicyclic) bond motifs is 1. The maximum absolute atomic E-state index is 13.4. The van der Waals surface area contributed by atoms with E-state index < -0.39 is 29.7 Å². The molecule has 0 bridgehead atoms. The molecule has 2 heterocycles. The molecule has 0 spiro atoms. The van der Waals surface area contributed by atoms with Gasteiger partial charge in [0.1, 0.15) is 11.8 Å². The molecule has 9 heteroatoms. The van der Waals surface area contributed by atoms with Crippen molar-refractivity contribution in [1.29, 1.82) is 0 Å². The first kappa shape index (κ1) is 25.8. The van der Waals surface area contributed by atoms with E-state index in [2.05, 4.69) is 10.6 Å². The van der Waals surface area contributed by atoms with Crippen molar-refractivity contribution >= 4 is 29.5 Å². The van der Waals surface area contributed by atoms with Gasteiger partial charge in [-0.2, -0.15) is 0 Å². The number of nitrogens with one attached hydrogen (secondary N) is 2. The number of benzene rings is 3. The quantitative estimate of drug-likeness (QED) is 0.436. The third-order valence-corrected chi connectivity index (χ3v) is 6.97. The van der Waals surface area contributed by atoms with E-state index in [0.29, 0.717) is 24.3 Å². The summed E-state index contributed by atoms with van der Waals surface area (Å²) >= 11 is 0. The van der Waals surface area contributed by atoms with Crippen molar-refractivity contribution in [3.63, 3.8) is 0 Å². The molecule has 198 valence electrons. The maximum Gasteiger partial charge on any atom is 0.262 e. The minimum atomic E-state index is -1.01. The van der Waals surface area contributed by atoms with Crippen molar-refractivity contribution in [3.05, 3.63) is 89.0 Å². The highest BCUT2D eigenvalue weighted by Gasteiger charge is 2.45. The standard InChI is InChI=1S/C30H27N3O6/c1-39-21-5-2-4-19(16-21)17-26(35)31-15-14-18-8-10-20(11-9-18)22-6-3-7-23-27(22)30(38)33(29(23)37)24-12-13-25(34)32-28(24)36/h2-11,16,24H,12-15,17H2,1H3,(H,31,35)(H,32,34,36). The molecule has 0 aliphatic carbocycles. The number of imide groups is 2. The fourth-order valence-electron chi connectivity index (χ4n) is 4.98. The molecule has 5 amide bonds. The van der Waals surface area contributed by atoms with Crippen LogP contribution in [0.2, 0.25) is 0 Å². The molecule has 1 fully saturated rings. The first-order valence-electron chi connectivity index (χ1n) is 12.7. The van der Waals surface area contributed by atoms with Gasteiger partial charge in [0.15, 0.2) is 0 Å². The Morgan fingerprint density at radius 3 is 2.44 bits per heavy atom. The Bertz CT molecular complexity index is 1480. The van der Waals surface area contributed by atoms with Crippen LogP contribution in [-0.2, 0) is 27.2 Å². The summed E-state index contributed by atoms with van der Waals surface area (Å²) in [5.41, 5.74) is 3.72. The van der Waals surface area contributed by atoms with Gasteiger partial charge in [-0.05, 0) is 53.3 Å². The van der Waals surface area contributed by atoms with Crippen molar-refractivity contribution in [2.24, 2.45) is 0 Å². The first-order chi connectivity index (χ1) is 18.9. The van der Waals surface area contributed by atoms with Crippen LogP contribution in [0.4, 0.5) is 0 Å². The van der Waals surface area contributed by atoms with Crippen LogP contribution < -0.4 is 15.4 Å². The summed E-state index contributed by atoms with van der Waals surface area (Å²) in [6, 6.07) is 19.0. The Hall–Kier alpha value is -4.79. The van der Waals surface area contributed by atoms with Crippen LogP contribution in [0.5, 0.6) is 5.75 Å². The Morgan fingerprint density at radius 1 is 0.949 bits per heavy atom. The number of hydrogen-bond donors (Lipinski definition) is 2. The van der Waals surface area contributed by atoms with Gasteiger partial charge < -0.3 is 10.1 Å². The molecular weight excluding hydrogens is 498 g/mol. The van der Waals surface area contributed by atoms with E-state index in [9.17, 15) is 24.0 Å². The fourth-order valence-corrected chi connectivity index (χ4v) is 4.98.